The second-order valence-electron chi connectivity index (χ2n) is 9.21. The summed E-state index contributed by atoms with van der Waals surface area (Å²) in [6, 6.07) is 0.0895. The van der Waals surface area contributed by atoms with Gasteiger partial charge >= 0.3 is 11.8 Å². The molecular formula is C19H32N4O2. The van der Waals surface area contributed by atoms with Crippen molar-refractivity contribution < 1.29 is 9.59 Å². The average molecular weight is 348 g/mol. The van der Waals surface area contributed by atoms with Gasteiger partial charge in [-0.15, -0.1) is 0 Å². The highest BCUT2D eigenvalue weighted by Gasteiger charge is 2.53. The summed E-state index contributed by atoms with van der Waals surface area (Å²) in [6.45, 7) is 5.46. The number of carbonyl (C=O) groups excluding carboxylic acids is 2. The molecule has 2 amide bonds. The van der Waals surface area contributed by atoms with Gasteiger partial charge in [-0.3, -0.25) is 15.0 Å². The molecule has 2 N–H and O–H groups in total. The third-order valence-electron chi connectivity index (χ3n) is 7.32. The Morgan fingerprint density at radius 1 is 0.920 bits per heavy atom. The van der Waals surface area contributed by atoms with E-state index in [-0.39, 0.29) is 11.5 Å². The van der Waals surface area contributed by atoms with Crippen LogP contribution in [0.4, 0.5) is 0 Å². The molecule has 5 rings (SSSR count). The Hall–Kier alpha value is -1.14. The van der Waals surface area contributed by atoms with Crippen LogP contribution in [0.5, 0.6) is 0 Å². The molecule has 4 saturated carbocycles. The van der Waals surface area contributed by atoms with Gasteiger partial charge in [0.05, 0.1) is 0 Å². The largest absolute Gasteiger partial charge is 0.345 e. The zero-order valence-corrected chi connectivity index (χ0v) is 15.6. The lowest BCUT2D eigenvalue weighted by Gasteiger charge is -2.59. The first kappa shape index (κ1) is 17.3. The van der Waals surface area contributed by atoms with E-state index in [9.17, 15) is 9.59 Å². The molecule has 140 valence electrons. The van der Waals surface area contributed by atoms with E-state index in [4.69, 9.17) is 0 Å². The van der Waals surface area contributed by atoms with E-state index in [1.165, 1.54) is 38.5 Å². The number of hydrogen-bond acceptors (Lipinski definition) is 4. The lowest BCUT2D eigenvalue weighted by molar-refractivity contribution is -0.144. The van der Waals surface area contributed by atoms with Gasteiger partial charge in [0.15, 0.2) is 0 Å². The summed E-state index contributed by atoms with van der Waals surface area (Å²) in [5.41, 5.74) is 3.01. The van der Waals surface area contributed by atoms with Crippen molar-refractivity contribution in [1.29, 1.82) is 0 Å². The molecule has 1 atom stereocenters. The fourth-order valence-electron chi connectivity index (χ4n) is 6.24. The number of likely N-dealkylation sites (N-methyl/N-ethyl adjacent to an activating group) is 1. The molecule has 0 radical (unpaired) electrons. The Bertz CT molecular complexity index is 506. The SMILES string of the molecule is CC(NC(=O)C(=O)NN1CCN(C)CC1)C12CC3CC(CC(C3)C1)C2. The zero-order valence-electron chi connectivity index (χ0n) is 15.6. The topological polar surface area (TPSA) is 64.7 Å². The molecule has 0 aromatic rings. The molecule has 4 bridgehead atoms. The number of rotatable bonds is 3. The predicted molar refractivity (Wildman–Crippen MR) is 95.4 cm³/mol. The van der Waals surface area contributed by atoms with E-state index in [1.54, 1.807) is 0 Å². The highest BCUT2D eigenvalue weighted by atomic mass is 16.2. The molecule has 1 saturated heterocycles. The molecule has 5 fully saturated rings. The third-order valence-corrected chi connectivity index (χ3v) is 7.32. The van der Waals surface area contributed by atoms with Gasteiger partial charge in [0, 0.05) is 32.2 Å². The monoisotopic (exact) mass is 348 g/mol. The number of nitrogens with zero attached hydrogens (tertiary/aromatic N) is 2. The van der Waals surface area contributed by atoms with Gasteiger partial charge < -0.3 is 10.2 Å². The Labute approximate surface area is 150 Å². The Kier molecular flexibility index (Phi) is 4.52. The highest BCUT2D eigenvalue weighted by Crippen LogP contribution is 2.61. The van der Waals surface area contributed by atoms with Gasteiger partial charge in [-0.05, 0) is 75.7 Å². The first-order valence-electron chi connectivity index (χ1n) is 9.98. The second kappa shape index (κ2) is 6.54. The van der Waals surface area contributed by atoms with Crippen LogP contribution < -0.4 is 10.7 Å². The molecule has 1 aliphatic heterocycles. The van der Waals surface area contributed by atoms with E-state index in [0.717, 1.165) is 43.9 Å². The van der Waals surface area contributed by atoms with Crippen molar-refractivity contribution >= 4 is 11.8 Å². The number of piperazine rings is 1. The van der Waals surface area contributed by atoms with Crippen molar-refractivity contribution in [2.75, 3.05) is 33.2 Å². The fraction of sp³-hybridized carbons (Fsp3) is 0.895. The summed E-state index contributed by atoms with van der Waals surface area (Å²) in [5.74, 6) is 1.57. The quantitative estimate of drug-likeness (QED) is 0.747. The number of carbonyl (C=O) groups is 2. The lowest BCUT2D eigenvalue weighted by Crippen LogP contribution is -2.59. The van der Waals surface area contributed by atoms with Crippen LogP contribution in [-0.2, 0) is 9.59 Å². The minimum absolute atomic E-state index is 0.0895. The van der Waals surface area contributed by atoms with Crippen LogP contribution >= 0.6 is 0 Å². The summed E-state index contributed by atoms with van der Waals surface area (Å²) >= 11 is 0. The molecule has 0 aromatic heterocycles. The summed E-state index contributed by atoms with van der Waals surface area (Å²) in [5, 5.41) is 4.91. The molecule has 25 heavy (non-hydrogen) atoms. The summed E-state index contributed by atoms with van der Waals surface area (Å²) in [6.07, 6.45) is 7.89. The number of hydrogen-bond donors (Lipinski definition) is 2. The third kappa shape index (κ3) is 3.43. The maximum Gasteiger partial charge on any atom is 0.323 e. The number of amides is 2. The normalized spacial score (nSPS) is 39.2. The van der Waals surface area contributed by atoms with Crippen molar-refractivity contribution in [3.63, 3.8) is 0 Å². The Morgan fingerprint density at radius 3 is 1.96 bits per heavy atom. The molecular weight excluding hydrogens is 316 g/mol. The Balaban J connectivity index is 1.32. The van der Waals surface area contributed by atoms with Crippen molar-refractivity contribution in [2.24, 2.45) is 23.2 Å². The standard InChI is InChI=1S/C19H32N4O2/c1-13(19-10-14-7-15(11-19)9-16(8-14)12-19)20-17(24)18(25)21-23-5-3-22(2)4-6-23/h13-16H,3-12H2,1-2H3,(H,20,24)(H,21,25). The molecule has 4 aliphatic carbocycles. The van der Waals surface area contributed by atoms with Gasteiger partial charge in [-0.2, -0.15) is 0 Å². The van der Waals surface area contributed by atoms with Crippen molar-refractivity contribution in [3.8, 4) is 0 Å². The van der Waals surface area contributed by atoms with Gasteiger partial charge in [0.1, 0.15) is 0 Å². The average Bonchev–Trinajstić information content (AvgIpc) is 2.55. The summed E-state index contributed by atoms with van der Waals surface area (Å²) in [7, 11) is 2.07. The van der Waals surface area contributed by atoms with Crippen molar-refractivity contribution in [3.05, 3.63) is 0 Å². The molecule has 1 unspecified atom stereocenters. The zero-order chi connectivity index (χ0) is 17.6. The first-order chi connectivity index (χ1) is 11.9. The van der Waals surface area contributed by atoms with E-state index >= 15 is 0 Å². The van der Waals surface area contributed by atoms with Crippen LogP contribution in [0.15, 0.2) is 0 Å². The fourth-order valence-corrected chi connectivity index (χ4v) is 6.24. The molecule has 6 nitrogen and oxygen atoms in total. The van der Waals surface area contributed by atoms with E-state index in [0.29, 0.717) is 0 Å². The molecule has 5 aliphatic rings. The molecule has 1 heterocycles. The van der Waals surface area contributed by atoms with Crippen LogP contribution in [0.3, 0.4) is 0 Å². The molecule has 0 aromatic carbocycles. The Morgan fingerprint density at radius 2 is 1.44 bits per heavy atom. The van der Waals surface area contributed by atoms with Crippen molar-refractivity contribution in [2.45, 2.75) is 51.5 Å². The van der Waals surface area contributed by atoms with Crippen LogP contribution in [0, 0.1) is 23.2 Å². The van der Waals surface area contributed by atoms with Crippen LogP contribution in [0.2, 0.25) is 0 Å². The van der Waals surface area contributed by atoms with Gasteiger partial charge in [-0.1, -0.05) is 0 Å². The maximum atomic E-state index is 12.4. The lowest BCUT2D eigenvalue weighted by atomic mass is 9.48. The maximum absolute atomic E-state index is 12.4. The van der Waals surface area contributed by atoms with Crippen LogP contribution in [-0.4, -0.2) is 61.0 Å². The summed E-state index contributed by atoms with van der Waals surface area (Å²) < 4.78 is 0. The van der Waals surface area contributed by atoms with Crippen molar-refractivity contribution in [1.82, 2.24) is 20.7 Å². The van der Waals surface area contributed by atoms with E-state index in [1.807, 2.05) is 5.01 Å². The van der Waals surface area contributed by atoms with E-state index in [2.05, 4.69) is 29.6 Å². The number of nitrogens with one attached hydrogen (secondary N) is 2. The predicted octanol–water partition coefficient (Wildman–Crippen LogP) is 0.986. The highest BCUT2D eigenvalue weighted by molar-refractivity contribution is 6.35. The van der Waals surface area contributed by atoms with Crippen LogP contribution in [0.1, 0.15) is 45.4 Å². The molecule has 0 spiro atoms. The van der Waals surface area contributed by atoms with Gasteiger partial charge in [-0.25, -0.2) is 5.01 Å². The smallest absolute Gasteiger partial charge is 0.323 e. The second-order valence-corrected chi connectivity index (χ2v) is 9.21. The summed E-state index contributed by atoms with van der Waals surface area (Å²) in [4.78, 5) is 26.9. The molecule has 6 heteroatoms. The number of hydrazine groups is 1. The van der Waals surface area contributed by atoms with Gasteiger partial charge in [0.25, 0.3) is 0 Å². The van der Waals surface area contributed by atoms with E-state index < -0.39 is 11.8 Å². The van der Waals surface area contributed by atoms with Crippen LogP contribution in [0.25, 0.3) is 0 Å². The van der Waals surface area contributed by atoms with Gasteiger partial charge in [0.2, 0.25) is 0 Å². The minimum atomic E-state index is -0.513. The minimum Gasteiger partial charge on any atom is -0.345 e. The first-order valence-corrected chi connectivity index (χ1v) is 9.98.